The highest BCUT2D eigenvalue weighted by atomic mass is 16.5. The van der Waals surface area contributed by atoms with Crippen molar-refractivity contribution >= 4 is 11.9 Å². The number of aliphatic hydroxyl groups excluding tert-OH is 1. The summed E-state index contributed by atoms with van der Waals surface area (Å²) in [7, 11) is 1.50. The Bertz CT molecular complexity index is 573. The molecule has 0 unspecified atom stereocenters. The molecule has 0 spiro atoms. The molecule has 1 aromatic carbocycles. The zero-order chi connectivity index (χ0) is 16.3. The number of rotatable bonds is 5. The second-order valence-electron chi connectivity index (χ2n) is 5.37. The molecule has 0 amide bonds. The van der Waals surface area contributed by atoms with Crippen molar-refractivity contribution in [3.8, 4) is 5.75 Å². The first-order valence-corrected chi connectivity index (χ1v) is 6.95. The van der Waals surface area contributed by atoms with Crippen LogP contribution < -0.4 is 4.74 Å². The lowest BCUT2D eigenvalue weighted by molar-refractivity contribution is -0.148. The summed E-state index contributed by atoms with van der Waals surface area (Å²) in [4.78, 5) is 23.9. The number of benzene rings is 1. The fraction of sp³-hybridized carbons (Fsp3) is 0.467. The molecule has 7 nitrogen and oxygen atoms in total. The lowest BCUT2D eigenvalue weighted by atomic mass is 9.93. The van der Waals surface area contributed by atoms with E-state index in [9.17, 15) is 14.7 Å². The quantitative estimate of drug-likeness (QED) is 0.733. The van der Waals surface area contributed by atoms with E-state index >= 15 is 0 Å². The van der Waals surface area contributed by atoms with E-state index in [-0.39, 0.29) is 12.1 Å². The third-order valence-electron chi connectivity index (χ3n) is 3.90. The molecule has 1 aromatic rings. The lowest BCUT2D eigenvalue weighted by Gasteiger charge is -2.34. The van der Waals surface area contributed by atoms with E-state index < -0.39 is 24.0 Å². The number of aliphatic carboxylic acids is 1. The van der Waals surface area contributed by atoms with Crippen LogP contribution >= 0.6 is 0 Å². The highest BCUT2D eigenvalue weighted by Crippen LogP contribution is 2.25. The summed E-state index contributed by atoms with van der Waals surface area (Å²) >= 11 is 0. The van der Waals surface area contributed by atoms with Gasteiger partial charge in [0.25, 0.3) is 0 Å². The number of aliphatic hydroxyl groups is 1. The fourth-order valence-electron chi connectivity index (χ4n) is 2.70. The van der Waals surface area contributed by atoms with Crippen molar-refractivity contribution in [1.29, 1.82) is 0 Å². The Labute approximate surface area is 127 Å². The number of carbonyl (C=O) groups is 2. The maximum absolute atomic E-state index is 11.1. The average Bonchev–Trinajstić information content (AvgIpc) is 2.46. The van der Waals surface area contributed by atoms with Crippen molar-refractivity contribution in [1.82, 2.24) is 4.90 Å². The van der Waals surface area contributed by atoms with Gasteiger partial charge >= 0.3 is 11.9 Å². The summed E-state index contributed by atoms with van der Waals surface area (Å²) in [5.74, 6) is -2.19. The van der Waals surface area contributed by atoms with Crippen LogP contribution in [0.2, 0.25) is 0 Å². The van der Waals surface area contributed by atoms with Crippen LogP contribution in [0.5, 0.6) is 5.75 Å². The lowest BCUT2D eigenvalue weighted by Crippen LogP contribution is -2.46. The fourth-order valence-corrected chi connectivity index (χ4v) is 2.70. The first-order chi connectivity index (χ1) is 10.4. The molecule has 7 heteroatoms. The van der Waals surface area contributed by atoms with E-state index in [2.05, 4.69) is 0 Å². The van der Waals surface area contributed by atoms with Gasteiger partial charge in [-0.1, -0.05) is 0 Å². The first-order valence-electron chi connectivity index (χ1n) is 6.95. The summed E-state index contributed by atoms with van der Waals surface area (Å²) in [6, 6.07) is 4.60. The average molecular weight is 309 g/mol. The van der Waals surface area contributed by atoms with Crippen molar-refractivity contribution in [3.05, 3.63) is 29.3 Å². The van der Waals surface area contributed by atoms with Crippen LogP contribution in [0.1, 0.15) is 22.3 Å². The predicted molar refractivity (Wildman–Crippen MR) is 77.0 cm³/mol. The molecule has 0 radical (unpaired) electrons. The van der Waals surface area contributed by atoms with Crippen LogP contribution in [0.4, 0.5) is 0 Å². The predicted octanol–water partition coefficient (Wildman–Crippen LogP) is 0.661. The van der Waals surface area contributed by atoms with Gasteiger partial charge in [-0.15, -0.1) is 0 Å². The second-order valence-corrected chi connectivity index (χ2v) is 5.37. The Balaban J connectivity index is 2.12. The van der Waals surface area contributed by atoms with E-state index in [0.29, 0.717) is 30.8 Å². The van der Waals surface area contributed by atoms with Gasteiger partial charge in [-0.2, -0.15) is 0 Å². The SMILES string of the molecule is COc1ccc(C(=O)O)cc1CN1CC[C@H](C(=O)O)[C@H](O)C1. The van der Waals surface area contributed by atoms with Crippen molar-refractivity contribution in [2.75, 3.05) is 20.2 Å². The van der Waals surface area contributed by atoms with E-state index in [0.717, 1.165) is 0 Å². The molecule has 1 aliphatic heterocycles. The van der Waals surface area contributed by atoms with Crippen LogP contribution in [0.15, 0.2) is 18.2 Å². The van der Waals surface area contributed by atoms with E-state index in [4.69, 9.17) is 14.9 Å². The maximum atomic E-state index is 11.1. The third-order valence-corrected chi connectivity index (χ3v) is 3.90. The molecule has 2 atom stereocenters. The zero-order valence-corrected chi connectivity index (χ0v) is 12.2. The minimum Gasteiger partial charge on any atom is -0.496 e. The minimum atomic E-state index is -1.02. The normalized spacial score (nSPS) is 22.3. The maximum Gasteiger partial charge on any atom is 0.335 e. The Morgan fingerprint density at radius 3 is 2.64 bits per heavy atom. The molecule has 0 bridgehead atoms. The molecule has 22 heavy (non-hydrogen) atoms. The van der Waals surface area contributed by atoms with Gasteiger partial charge in [0.05, 0.1) is 24.7 Å². The first kappa shape index (κ1) is 16.3. The highest BCUT2D eigenvalue weighted by molar-refractivity contribution is 5.88. The van der Waals surface area contributed by atoms with Gasteiger partial charge in [0, 0.05) is 18.7 Å². The van der Waals surface area contributed by atoms with Gasteiger partial charge in [-0.3, -0.25) is 9.69 Å². The molecule has 1 saturated heterocycles. The molecule has 1 fully saturated rings. The second kappa shape index (κ2) is 6.76. The topological polar surface area (TPSA) is 107 Å². The number of β-amino-alcohol motifs (C(OH)–C–C–N with tert-alkyl or cyclic N) is 1. The van der Waals surface area contributed by atoms with Crippen LogP contribution in [0, 0.1) is 5.92 Å². The Morgan fingerprint density at radius 2 is 2.09 bits per heavy atom. The van der Waals surface area contributed by atoms with Gasteiger partial charge in [0.2, 0.25) is 0 Å². The van der Waals surface area contributed by atoms with Crippen molar-refractivity contribution < 1.29 is 29.6 Å². The molecular weight excluding hydrogens is 290 g/mol. The van der Waals surface area contributed by atoms with Crippen LogP contribution in [0.3, 0.4) is 0 Å². The molecule has 0 aromatic heterocycles. The van der Waals surface area contributed by atoms with E-state index in [1.54, 1.807) is 6.07 Å². The molecule has 120 valence electrons. The van der Waals surface area contributed by atoms with Crippen LogP contribution in [-0.4, -0.2) is 58.5 Å². The standard InChI is InChI=1S/C15H19NO6/c1-22-13-3-2-9(14(18)19)6-10(13)7-16-5-4-11(15(20)21)12(17)8-16/h2-3,6,11-12,17H,4-5,7-8H2,1H3,(H,18,19)(H,20,21)/t11-,12+/m0/s1. The van der Waals surface area contributed by atoms with Gasteiger partial charge < -0.3 is 20.1 Å². The van der Waals surface area contributed by atoms with E-state index in [1.807, 2.05) is 4.90 Å². The largest absolute Gasteiger partial charge is 0.496 e. The summed E-state index contributed by atoms with van der Waals surface area (Å²) in [5, 5.41) is 28.0. The summed E-state index contributed by atoms with van der Waals surface area (Å²) in [6.45, 7) is 1.15. The molecule has 3 N–H and O–H groups in total. The van der Waals surface area contributed by atoms with Crippen LogP contribution in [0.25, 0.3) is 0 Å². The molecular formula is C15H19NO6. The number of ether oxygens (including phenoxy) is 1. The van der Waals surface area contributed by atoms with Gasteiger partial charge in [-0.25, -0.2) is 4.79 Å². The molecule has 0 saturated carbocycles. The Kier molecular flexibility index (Phi) is 4.99. The third kappa shape index (κ3) is 3.55. The van der Waals surface area contributed by atoms with Crippen LogP contribution in [-0.2, 0) is 11.3 Å². The molecule has 2 rings (SSSR count). The van der Waals surface area contributed by atoms with E-state index in [1.165, 1.54) is 19.2 Å². The summed E-state index contributed by atoms with van der Waals surface area (Å²) in [5.41, 5.74) is 0.861. The number of carboxylic acid groups (broad SMARTS) is 2. The Morgan fingerprint density at radius 1 is 1.36 bits per heavy atom. The van der Waals surface area contributed by atoms with Crippen molar-refractivity contribution in [2.45, 2.75) is 19.1 Å². The number of likely N-dealkylation sites (tertiary alicyclic amines) is 1. The zero-order valence-electron chi connectivity index (χ0n) is 12.2. The van der Waals surface area contributed by atoms with Gasteiger partial charge in [0.15, 0.2) is 0 Å². The summed E-state index contributed by atoms with van der Waals surface area (Å²) in [6.07, 6.45) is -0.572. The van der Waals surface area contributed by atoms with Gasteiger partial charge in [-0.05, 0) is 31.2 Å². The number of nitrogens with zero attached hydrogens (tertiary/aromatic N) is 1. The summed E-state index contributed by atoms with van der Waals surface area (Å²) < 4.78 is 5.23. The molecule has 1 heterocycles. The van der Waals surface area contributed by atoms with Crippen molar-refractivity contribution in [3.63, 3.8) is 0 Å². The number of hydrogen-bond donors (Lipinski definition) is 3. The number of methoxy groups -OCH3 is 1. The Hall–Kier alpha value is -2.12. The molecule has 1 aliphatic rings. The number of piperidine rings is 1. The number of hydrogen-bond acceptors (Lipinski definition) is 5. The van der Waals surface area contributed by atoms with Crippen molar-refractivity contribution in [2.24, 2.45) is 5.92 Å². The molecule has 0 aliphatic carbocycles. The van der Waals surface area contributed by atoms with Gasteiger partial charge in [0.1, 0.15) is 5.75 Å². The monoisotopic (exact) mass is 309 g/mol. The highest BCUT2D eigenvalue weighted by Gasteiger charge is 2.32. The smallest absolute Gasteiger partial charge is 0.335 e. The minimum absolute atomic E-state index is 0.164. The number of carboxylic acids is 2. The number of aromatic carboxylic acids is 1.